The Morgan fingerprint density at radius 2 is 1.93 bits per heavy atom. The average molecular weight is 213 g/mol. The lowest BCUT2D eigenvalue weighted by Gasteiger charge is -2.30. The quantitative estimate of drug-likeness (QED) is 0.732. The first-order valence-electron chi connectivity index (χ1n) is 6.59. The van der Waals surface area contributed by atoms with Crippen molar-refractivity contribution in [1.82, 2.24) is 5.32 Å². The Balaban J connectivity index is 2.34. The Kier molecular flexibility index (Phi) is 6.26. The summed E-state index contributed by atoms with van der Waals surface area (Å²) in [6, 6.07) is 0.711. The Hall–Kier alpha value is -0.0800. The fourth-order valence-corrected chi connectivity index (χ4v) is 2.40. The summed E-state index contributed by atoms with van der Waals surface area (Å²) >= 11 is 0. The fourth-order valence-electron chi connectivity index (χ4n) is 2.40. The molecule has 0 radical (unpaired) electrons. The van der Waals surface area contributed by atoms with Crippen molar-refractivity contribution in [3.8, 4) is 0 Å². The summed E-state index contributed by atoms with van der Waals surface area (Å²) in [7, 11) is 0. The Bertz CT molecular complexity index is 155. The summed E-state index contributed by atoms with van der Waals surface area (Å²) < 4.78 is 5.41. The van der Waals surface area contributed by atoms with Gasteiger partial charge in [-0.25, -0.2) is 0 Å². The lowest BCUT2D eigenvalue weighted by atomic mass is 9.86. The van der Waals surface area contributed by atoms with Gasteiger partial charge < -0.3 is 10.1 Å². The molecule has 2 atom stereocenters. The minimum atomic E-state index is 0.711. The van der Waals surface area contributed by atoms with E-state index in [2.05, 4.69) is 26.1 Å². The average Bonchev–Trinajstić information content (AvgIpc) is 2.29. The topological polar surface area (TPSA) is 21.3 Å². The van der Waals surface area contributed by atoms with Crippen LogP contribution in [0.15, 0.2) is 0 Å². The minimum absolute atomic E-state index is 0.711. The standard InChI is InChI=1S/C13H27NO/c1-4-11(3)13(14-5-2)10-12-6-8-15-9-7-12/h11-14H,4-10H2,1-3H3. The van der Waals surface area contributed by atoms with E-state index in [1.54, 1.807) is 0 Å². The first-order valence-corrected chi connectivity index (χ1v) is 6.59. The molecule has 1 fully saturated rings. The molecule has 1 aliphatic heterocycles. The predicted molar refractivity (Wildman–Crippen MR) is 65.1 cm³/mol. The number of nitrogens with one attached hydrogen (secondary N) is 1. The zero-order valence-corrected chi connectivity index (χ0v) is 10.6. The van der Waals surface area contributed by atoms with Gasteiger partial charge in [-0.3, -0.25) is 0 Å². The maximum Gasteiger partial charge on any atom is 0.0468 e. The van der Waals surface area contributed by atoms with Crippen LogP contribution in [0.4, 0.5) is 0 Å². The van der Waals surface area contributed by atoms with Crippen molar-refractivity contribution in [2.45, 2.75) is 52.5 Å². The second-order valence-electron chi connectivity index (χ2n) is 4.84. The van der Waals surface area contributed by atoms with Crippen LogP contribution in [-0.4, -0.2) is 25.8 Å². The van der Waals surface area contributed by atoms with Gasteiger partial charge in [0.1, 0.15) is 0 Å². The molecule has 2 unspecified atom stereocenters. The largest absolute Gasteiger partial charge is 0.381 e. The molecule has 0 saturated carbocycles. The Morgan fingerprint density at radius 1 is 1.27 bits per heavy atom. The molecule has 0 spiro atoms. The van der Waals surface area contributed by atoms with E-state index < -0.39 is 0 Å². The SMILES string of the molecule is CCNC(CC1CCOCC1)C(C)CC. The van der Waals surface area contributed by atoms with E-state index in [0.29, 0.717) is 6.04 Å². The van der Waals surface area contributed by atoms with Crippen molar-refractivity contribution < 1.29 is 4.74 Å². The van der Waals surface area contributed by atoms with E-state index >= 15 is 0 Å². The van der Waals surface area contributed by atoms with Crippen LogP contribution in [0.3, 0.4) is 0 Å². The summed E-state index contributed by atoms with van der Waals surface area (Å²) in [5, 5.41) is 3.64. The highest BCUT2D eigenvalue weighted by Crippen LogP contribution is 2.23. The minimum Gasteiger partial charge on any atom is -0.381 e. The summed E-state index contributed by atoms with van der Waals surface area (Å²) in [6.45, 7) is 9.91. The Morgan fingerprint density at radius 3 is 2.47 bits per heavy atom. The van der Waals surface area contributed by atoms with Gasteiger partial charge in [-0.05, 0) is 37.6 Å². The first kappa shape index (κ1) is 13.0. The molecule has 1 heterocycles. The van der Waals surface area contributed by atoms with Gasteiger partial charge in [-0.15, -0.1) is 0 Å². The van der Waals surface area contributed by atoms with Crippen molar-refractivity contribution >= 4 is 0 Å². The van der Waals surface area contributed by atoms with Gasteiger partial charge in [-0.1, -0.05) is 27.2 Å². The van der Waals surface area contributed by atoms with Crippen molar-refractivity contribution in [2.24, 2.45) is 11.8 Å². The van der Waals surface area contributed by atoms with E-state index in [9.17, 15) is 0 Å². The third kappa shape index (κ3) is 4.52. The van der Waals surface area contributed by atoms with E-state index in [1.165, 1.54) is 25.7 Å². The van der Waals surface area contributed by atoms with Crippen LogP contribution in [0.5, 0.6) is 0 Å². The maximum absolute atomic E-state index is 5.41. The molecule has 2 nitrogen and oxygen atoms in total. The van der Waals surface area contributed by atoms with Crippen LogP contribution in [0.1, 0.15) is 46.5 Å². The monoisotopic (exact) mass is 213 g/mol. The van der Waals surface area contributed by atoms with Crippen LogP contribution in [-0.2, 0) is 4.74 Å². The highest BCUT2D eigenvalue weighted by molar-refractivity contribution is 4.77. The molecule has 1 aliphatic rings. The molecule has 0 aliphatic carbocycles. The molecule has 90 valence electrons. The number of ether oxygens (including phenoxy) is 1. The molecule has 15 heavy (non-hydrogen) atoms. The first-order chi connectivity index (χ1) is 7.27. The van der Waals surface area contributed by atoms with Crippen LogP contribution in [0.25, 0.3) is 0 Å². The van der Waals surface area contributed by atoms with Gasteiger partial charge in [0.15, 0.2) is 0 Å². The molecular weight excluding hydrogens is 186 g/mol. The van der Waals surface area contributed by atoms with Crippen molar-refractivity contribution in [2.75, 3.05) is 19.8 Å². The summed E-state index contributed by atoms with van der Waals surface area (Å²) in [5.41, 5.74) is 0. The maximum atomic E-state index is 5.41. The normalized spacial score (nSPS) is 22.6. The zero-order valence-electron chi connectivity index (χ0n) is 10.6. The second kappa shape index (κ2) is 7.24. The molecule has 0 aromatic heterocycles. The molecular formula is C13H27NO. The summed E-state index contributed by atoms with van der Waals surface area (Å²) in [5.74, 6) is 1.68. The summed E-state index contributed by atoms with van der Waals surface area (Å²) in [6.07, 6.45) is 5.14. The number of hydrogen-bond donors (Lipinski definition) is 1. The molecule has 0 amide bonds. The van der Waals surface area contributed by atoms with Crippen LogP contribution in [0, 0.1) is 11.8 Å². The van der Waals surface area contributed by atoms with Crippen molar-refractivity contribution in [1.29, 1.82) is 0 Å². The molecule has 2 heteroatoms. The molecule has 1 N–H and O–H groups in total. The molecule has 1 rings (SSSR count). The molecule has 1 saturated heterocycles. The van der Waals surface area contributed by atoms with Crippen molar-refractivity contribution in [3.05, 3.63) is 0 Å². The van der Waals surface area contributed by atoms with Gasteiger partial charge >= 0.3 is 0 Å². The third-order valence-electron chi connectivity index (χ3n) is 3.73. The van der Waals surface area contributed by atoms with Crippen LogP contribution < -0.4 is 5.32 Å². The molecule has 0 bridgehead atoms. The smallest absolute Gasteiger partial charge is 0.0468 e. The highest BCUT2D eigenvalue weighted by Gasteiger charge is 2.21. The van der Waals surface area contributed by atoms with Gasteiger partial charge in [0.2, 0.25) is 0 Å². The number of rotatable bonds is 6. The van der Waals surface area contributed by atoms with E-state index in [0.717, 1.165) is 31.6 Å². The van der Waals surface area contributed by atoms with E-state index in [-0.39, 0.29) is 0 Å². The van der Waals surface area contributed by atoms with Gasteiger partial charge in [-0.2, -0.15) is 0 Å². The van der Waals surface area contributed by atoms with Crippen LogP contribution >= 0.6 is 0 Å². The lowest BCUT2D eigenvalue weighted by Crippen LogP contribution is -2.37. The van der Waals surface area contributed by atoms with E-state index in [1.807, 2.05) is 0 Å². The van der Waals surface area contributed by atoms with Crippen molar-refractivity contribution in [3.63, 3.8) is 0 Å². The fraction of sp³-hybridized carbons (Fsp3) is 1.00. The highest BCUT2D eigenvalue weighted by atomic mass is 16.5. The predicted octanol–water partition coefficient (Wildman–Crippen LogP) is 2.83. The number of hydrogen-bond acceptors (Lipinski definition) is 2. The van der Waals surface area contributed by atoms with Gasteiger partial charge in [0, 0.05) is 19.3 Å². The third-order valence-corrected chi connectivity index (χ3v) is 3.73. The van der Waals surface area contributed by atoms with Gasteiger partial charge in [0.25, 0.3) is 0 Å². The Labute approximate surface area is 94.8 Å². The lowest BCUT2D eigenvalue weighted by molar-refractivity contribution is 0.0582. The van der Waals surface area contributed by atoms with Gasteiger partial charge in [0.05, 0.1) is 0 Å². The second-order valence-corrected chi connectivity index (χ2v) is 4.84. The van der Waals surface area contributed by atoms with E-state index in [4.69, 9.17) is 4.74 Å². The zero-order chi connectivity index (χ0) is 11.1. The molecule has 0 aromatic rings. The van der Waals surface area contributed by atoms with Crippen LogP contribution in [0.2, 0.25) is 0 Å². The molecule has 0 aromatic carbocycles. The summed E-state index contributed by atoms with van der Waals surface area (Å²) in [4.78, 5) is 0.